The minimum atomic E-state index is -3.56. The molecule has 2 rings (SSSR count). The Morgan fingerprint density at radius 2 is 1.76 bits per heavy atom. The van der Waals surface area contributed by atoms with E-state index in [4.69, 9.17) is 4.84 Å². The first-order valence-electron chi connectivity index (χ1n) is 5.51. The van der Waals surface area contributed by atoms with Gasteiger partial charge in [0.25, 0.3) is 10.0 Å². The van der Waals surface area contributed by atoms with Crippen LogP contribution in [0.2, 0.25) is 0 Å². The Morgan fingerprint density at radius 3 is 2.35 bits per heavy atom. The van der Waals surface area contributed by atoms with Gasteiger partial charge in [-0.15, -0.1) is 0 Å². The molecule has 17 heavy (non-hydrogen) atoms. The highest BCUT2D eigenvalue weighted by Crippen LogP contribution is 2.21. The summed E-state index contributed by atoms with van der Waals surface area (Å²) in [4.78, 5) is 7.60. The van der Waals surface area contributed by atoms with Gasteiger partial charge in [0.1, 0.15) is 0 Å². The summed E-state index contributed by atoms with van der Waals surface area (Å²) in [7, 11) is -3.56. The Morgan fingerprint density at radius 1 is 1.18 bits per heavy atom. The van der Waals surface area contributed by atoms with Crippen molar-refractivity contribution in [2.45, 2.75) is 36.7 Å². The molecule has 0 spiro atoms. The minimum Gasteiger partial charge on any atom is -0.284 e. The summed E-state index contributed by atoms with van der Waals surface area (Å²) in [6.45, 7) is 0. The van der Waals surface area contributed by atoms with E-state index in [0.29, 0.717) is 0 Å². The molecule has 4 nitrogen and oxygen atoms in total. The smallest absolute Gasteiger partial charge is 0.262 e. The fourth-order valence-corrected chi connectivity index (χ4v) is 2.92. The number of hydrogen-bond donors (Lipinski definition) is 1. The van der Waals surface area contributed by atoms with Gasteiger partial charge < -0.3 is 0 Å². The van der Waals surface area contributed by atoms with Crippen LogP contribution in [0.25, 0.3) is 0 Å². The number of sulfonamides is 1. The highest BCUT2D eigenvalue weighted by molar-refractivity contribution is 9.10. The van der Waals surface area contributed by atoms with Gasteiger partial charge in [0.2, 0.25) is 0 Å². The molecule has 0 unspecified atom stereocenters. The molecule has 1 N–H and O–H groups in total. The number of rotatable bonds is 4. The average Bonchev–Trinajstić information content (AvgIpc) is 2.80. The van der Waals surface area contributed by atoms with Crippen LogP contribution in [0, 0.1) is 0 Å². The zero-order valence-electron chi connectivity index (χ0n) is 9.23. The molecule has 0 amide bonds. The summed E-state index contributed by atoms with van der Waals surface area (Å²) >= 11 is 3.26. The van der Waals surface area contributed by atoms with Gasteiger partial charge in [-0.05, 0) is 37.1 Å². The van der Waals surface area contributed by atoms with E-state index in [1.54, 1.807) is 12.1 Å². The predicted molar refractivity (Wildman–Crippen MR) is 67.8 cm³/mol. The minimum absolute atomic E-state index is 0.0141. The van der Waals surface area contributed by atoms with E-state index in [1.165, 1.54) is 12.1 Å². The van der Waals surface area contributed by atoms with Crippen molar-refractivity contribution in [2.24, 2.45) is 0 Å². The van der Waals surface area contributed by atoms with Crippen LogP contribution >= 0.6 is 15.9 Å². The first-order valence-corrected chi connectivity index (χ1v) is 7.78. The van der Waals surface area contributed by atoms with Crippen molar-refractivity contribution < 1.29 is 13.3 Å². The fourth-order valence-electron chi connectivity index (χ4n) is 1.80. The van der Waals surface area contributed by atoms with E-state index in [-0.39, 0.29) is 11.0 Å². The molecular formula is C11H14BrNO3S. The van der Waals surface area contributed by atoms with E-state index < -0.39 is 10.0 Å². The molecule has 1 aromatic carbocycles. The Bertz CT molecular complexity index is 466. The van der Waals surface area contributed by atoms with Crippen LogP contribution in [0.3, 0.4) is 0 Å². The molecule has 0 aliphatic heterocycles. The lowest BCUT2D eigenvalue weighted by Crippen LogP contribution is -2.28. The number of hydrogen-bond acceptors (Lipinski definition) is 3. The SMILES string of the molecule is O=S(=O)(NOC1CCCC1)c1ccc(Br)cc1. The fraction of sp³-hybridized carbons (Fsp3) is 0.455. The maximum absolute atomic E-state index is 11.8. The van der Waals surface area contributed by atoms with Gasteiger partial charge in [-0.25, -0.2) is 8.42 Å². The maximum atomic E-state index is 11.8. The van der Waals surface area contributed by atoms with Gasteiger partial charge in [-0.3, -0.25) is 4.84 Å². The summed E-state index contributed by atoms with van der Waals surface area (Å²) in [6.07, 6.45) is 4.06. The normalized spacial score (nSPS) is 17.5. The maximum Gasteiger partial charge on any atom is 0.262 e. The largest absolute Gasteiger partial charge is 0.284 e. The second-order valence-electron chi connectivity index (χ2n) is 4.07. The van der Waals surface area contributed by atoms with Gasteiger partial charge in [-0.1, -0.05) is 33.7 Å². The first-order chi connectivity index (χ1) is 8.08. The van der Waals surface area contributed by atoms with Crippen LogP contribution in [0.4, 0.5) is 0 Å². The molecule has 1 aliphatic carbocycles. The van der Waals surface area contributed by atoms with Crippen LogP contribution < -0.4 is 4.89 Å². The molecule has 0 saturated heterocycles. The second-order valence-corrected chi connectivity index (χ2v) is 6.63. The monoisotopic (exact) mass is 319 g/mol. The van der Waals surface area contributed by atoms with Crippen molar-refractivity contribution in [3.8, 4) is 0 Å². The third-order valence-corrected chi connectivity index (χ3v) is 4.49. The average molecular weight is 320 g/mol. The lowest BCUT2D eigenvalue weighted by Gasteiger charge is -2.11. The van der Waals surface area contributed by atoms with Gasteiger partial charge in [0, 0.05) is 4.47 Å². The van der Waals surface area contributed by atoms with Crippen molar-refractivity contribution in [3.63, 3.8) is 0 Å². The summed E-state index contributed by atoms with van der Waals surface area (Å²) in [5.74, 6) is 0. The Hall–Kier alpha value is -0.430. The highest BCUT2D eigenvalue weighted by atomic mass is 79.9. The molecular weight excluding hydrogens is 306 g/mol. The van der Waals surface area contributed by atoms with E-state index in [1.807, 2.05) is 0 Å². The molecule has 1 fully saturated rings. The summed E-state index contributed by atoms with van der Waals surface area (Å²) in [6, 6.07) is 6.43. The van der Waals surface area contributed by atoms with Crippen LogP contribution in [-0.2, 0) is 14.9 Å². The van der Waals surface area contributed by atoms with Gasteiger partial charge in [-0.2, -0.15) is 0 Å². The van der Waals surface area contributed by atoms with Crippen LogP contribution in [0.15, 0.2) is 33.6 Å². The van der Waals surface area contributed by atoms with Crippen molar-refractivity contribution in [1.82, 2.24) is 4.89 Å². The summed E-state index contributed by atoms with van der Waals surface area (Å²) in [5, 5.41) is 0. The molecule has 0 heterocycles. The van der Waals surface area contributed by atoms with E-state index in [2.05, 4.69) is 20.8 Å². The Kier molecular flexibility index (Phi) is 4.19. The molecule has 0 aromatic heterocycles. The molecule has 6 heteroatoms. The molecule has 1 saturated carbocycles. The number of halogens is 1. The standard InChI is InChI=1S/C11H14BrNO3S/c12-9-5-7-11(8-6-9)17(14,15)13-16-10-3-1-2-4-10/h5-8,10,13H,1-4H2. The second kappa shape index (κ2) is 5.48. The van der Waals surface area contributed by atoms with E-state index >= 15 is 0 Å². The number of nitrogens with one attached hydrogen (secondary N) is 1. The van der Waals surface area contributed by atoms with Crippen molar-refractivity contribution in [1.29, 1.82) is 0 Å². The van der Waals surface area contributed by atoms with Crippen molar-refractivity contribution in [3.05, 3.63) is 28.7 Å². The van der Waals surface area contributed by atoms with Crippen LogP contribution in [0.1, 0.15) is 25.7 Å². The molecule has 1 aliphatic rings. The van der Waals surface area contributed by atoms with E-state index in [9.17, 15) is 8.42 Å². The Balaban J connectivity index is 2.00. The first kappa shape index (κ1) is 13.0. The third kappa shape index (κ3) is 3.51. The quantitative estimate of drug-likeness (QED) is 0.868. The highest BCUT2D eigenvalue weighted by Gasteiger charge is 2.20. The molecule has 1 aromatic rings. The van der Waals surface area contributed by atoms with Crippen LogP contribution in [0.5, 0.6) is 0 Å². The third-order valence-electron chi connectivity index (χ3n) is 2.75. The molecule has 94 valence electrons. The zero-order valence-corrected chi connectivity index (χ0v) is 11.6. The zero-order chi connectivity index (χ0) is 12.3. The Labute approximate surface area is 109 Å². The lowest BCUT2D eigenvalue weighted by molar-refractivity contribution is 0.0223. The lowest BCUT2D eigenvalue weighted by atomic mass is 10.3. The predicted octanol–water partition coefficient (Wildman–Crippen LogP) is 2.60. The number of benzene rings is 1. The topological polar surface area (TPSA) is 55.4 Å². The molecule has 0 bridgehead atoms. The summed E-state index contributed by atoms with van der Waals surface area (Å²) in [5.41, 5.74) is 0. The summed E-state index contributed by atoms with van der Waals surface area (Å²) < 4.78 is 24.5. The van der Waals surface area contributed by atoms with Gasteiger partial charge in [0.15, 0.2) is 0 Å². The van der Waals surface area contributed by atoms with Gasteiger partial charge >= 0.3 is 0 Å². The van der Waals surface area contributed by atoms with Crippen molar-refractivity contribution >= 4 is 26.0 Å². The van der Waals surface area contributed by atoms with Gasteiger partial charge in [0.05, 0.1) is 11.0 Å². The van der Waals surface area contributed by atoms with Crippen LogP contribution in [-0.4, -0.2) is 14.5 Å². The molecule has 0 atom stereocenters. The van der Waals surface area contributed by atoms with Crippen molar-refractivity contribution in [2.75, 3.05) is 0 Å². The van der Waals surface area contributed by atoms with E-state index in [0.717, 1.165) is 30.2 Å². The molecule has 0 radical (unpaired) electrons.